The third-order valence-corrected chi connectivity index (χ3v) is 6.87. The van der Waals surface area contributed by atoms with E-state index in [4.69, 9.17) is 0 Å². The molecule has 1 saturated heterocycles. The number of carbonyl (C=O) groups is 1. The number of H-pyrrole nitrogens is 1. The molecule has 4 nitrogen and oxygen atoms in total. The minimum atomic E-state index is -0.0901. The molecule has 0 radical (unpaired) electrons. The van der Waals surface area contributed by atoms with Crippen LogP contribution in [0.4, 0.5) is 0 Å². The third kappa shape index (κ3) is 3.79. The van der Waals surface area contributed by atoms with E-state index in [0.29, 0.717) is 11.9 Å². The van der Waals surface area contributed by atoms with Crippen LogP contribution in [0.3, 0.4) is 0 Å². The van der Waals surface area contributed by atoms with Gasteiger partial charge in [-0.25, -0.2) is 0 Å². The Kier molecular flexibility index (Phi) is 5.16. The predicted molar refractivity (Wildman–Crippen MR) is 120 cm³/mol. The molecule has 30 heavy (non-hydrogen) atoms. The van der Waals surface area contributed by atoms with Crippen LogP contribution in [0.15, 0.2) is 59.5 Å². The fraction of sp³-hybridized carbons (Fsp3) is 0.385. The lowest BCUT2D eigenvalue weighted by atomic mass is 9.93. The SMILES string of the molecule is O=C1C(Cc2ccc3cc(-c4ccc(=O)[nH]c4)ccc3c2)CCN1C1CCCCC1. The molecule has 1 aliphatic carbocycles. The van der Waals surface area contributed by atoms with Gasteiger partial charge in [-0.15, -0.1) is 0 Å². The van der Waals surface area contributed by atoms with E-state index in [0.717, 1.165) is 30.5 Å². The largest absolute Gasteiger partial charge is 0.339 e. The molecule has 5 rings (SSSR count). The normalized spacial score (nSPS) is 20.2. The Morgan fingerprint density at radius 1 is 0.833 bits per heavy atom. The summed E-state index contributed by atoms with van der Waals surface area (Å²) in [5.74, 6) is 0.500. The first-order valence-electron chi connectivity index (χ1n) is 11.2. The van der Waals surface area contributed by atoms with E-state index in [-0.39, 0.29) is 11.5 Å². The van der Waals surface area contributed by atoms with E-state index in [9.17, 15) is 9.59 Å². The van der Waals surface area contributed by atoms with Gasteiger partial charge in [-0.05, 0) is 65.3 Å². The summed E-state index contributed by atoms with van der Waals surface area (Å²) < 4.78 is 0. The lowest BCUT2D eigenvalue weighted by Gasteiger charge is -2.31. The number of nitrogens with zero attached hydrogens (tertiary/aromatic N) is 1. The summed E-state index contributed by atoms with van der Waals surface area (Å²) in [5, 5.41) is 2.36. The van der Waals surface area contributed by atoms with Gasteiger partial charge in [0.05, 0.1) is 0 Å². The predicted octanol–water partition coefficient (Wildman–Crippen LogP) is 4.92. The number of aromatic nitrogens is 1. The van der Waals surface area contributed by atoms with Crippen LogP contribution in [0.1, 0.15) is 44.1 Å². The molecule has 1 unspecified atom stereocenters. The average Bonchev–Trinajstić information content (AvgIpc) is 3.14. The van der Waals surface area contributed by atoms with Gasteiger partial charge >= 0.3 is 0 Å². The number of hydrogen-bond donors (Lipinski definition) is 1. The van der Waals surface area contributed by atoms with E-state index in [1.165, 1.54) is 48.4 Å². The Labute approximate surface area is 176 Å². The molecule has 4 heteroatoms. The molecular weight excluding hydrogens is 372 g/mol. The molecule has 0 bridgehead atoms. The highest BCUT2D eigenvalue weighted by Crippen LogP contribution is 2.31. The van der Waals surface area contributed by atoms with Gasteiger partial charge in [-0.1, -0.05) is 49.6 Å². The van der Waals surface area contributed by atoms with Crippen molar-refractivity contribution < 1.29 is 4.79 Å². The molecule has 1 aliphatic heterocycles. The highest BCUT2D eigenvalue weighted by Gasteiger charge is 2.36. The number of pyridine rings is 1. The Balaban J connectivity index is 1.32. The summed E-state index contributed by atoms with van der Waals surface area (Å²) in [6.45, 7) is 0.935. The topological polar surface area (TPSA) is 53.2 Å². The molecule has 1 amide bonds. The number of fused-ring (bicyclic) bond motifs is 1. The molecule has 1 aromatic heterocycles. The lowest BCUT2D eigenvalue weighted by Crippen LogP contribution is -2.39. The van der Waals surface area contributed by atoms with Crippen LogP contribution in [0, 0.1) is 5.92 Å². The highest BCUT2D eigenvalue weighted by molar-refractivity contribution is 5.88. The van der Waals surface area contributed by atoms with Gasteiger partial charge in [0.25, 0.3) is 0 Å². The van der Waals surface area contributed by atoms with Crippen molar-refractivity contribution in [2.24, 2.45) is 5.92 Å². The zero-order chi connectivity index (χ0) is 20.5. The van der Waals surface area contributed by atoms with Crippen molar-refractivity contribution in [3.63, 3.8) is 0 Å². The maximum absolute atomic E-state index is 13.0. The van der Waals surface area contributed by atoms with Crippen LogP contribution < -0.4 is 5.56 Å². The average molecular weight is 401 g/mol. The second kappa shape index (κ2) is 8.10. The van der Waals surface area contributed by atoms with Crippen molar-refractivity contribution in [3.8, 4) is 11.1 Å². The summed E-state index contributed by atoms with van der Waals surface area (Å²) in [6.07, 6.45) is 9.80. The molecule has 3 aromatic rings. The van der Waals surface area contributed by atoms with E-state index in [2.05, 4.69) is 46.3 Å². The zero-order valence-corrected chi connectivity index (χ0v) is 17.3. The molecule has 1 N–H and O–H groups in total. The zero-order valence-electron chi connectivity index (χ0n) is 17.3. The molecule has 2 fully saturated rings. The number of aromatic amines is 1. The minimum absolute atomic E-state index is 0.0901. The highest BCUT2D eigenvalue weighted by atomic mass is 16.2. The van der Waals surface area contributed by atoms with Crippen molar-refractivity contribution in [2.75, 3.05) is 6.54 Å². The molecule has 2 aromatic carbocycles. The summed E-state index contributed by atoms with van der Waals surface area (Å²) >= 11 is 0. The lowest BCUT2D eigenvalue weighted by molar-refractivity contribution is -0.133. The first-order chi connectivity index (χ1) is 14.7. The van der Waals surface area contributed by atoms with E-state index in [1.54, 1.807) is 12.3 Å². The summed E-state index contributed by atoms with van der Waals surface area (Å²) in [6, 6.07) is 16.8. The van der Waals surface area contributed by atoms with Crippen molar-refractivity contribution in [3.05, 3.63) is 70.6 Å². The maximum Gasteiger partial charge on any atom is 0.247 e. The molecule has 2 heterocycles. The second-order valence-electron chi connectivity index (χ2n) is 8.85. The number of nitrogens with one attached hydrogen (secondary N) is 1. The maximum atomic E-state index is 13.0. The Morgan fingerprint density at radius 3 is 2.40 bits per heavy atom. The van der Waals surface area contributed by atoms with Gasteiger partial charge in [0, 0.05) is 30.8 Å². The van der Waals surface area contributed by atoms with Gasteiger partial charge in [0.15, 0.2) is 0 Å². The molecule has 0 spiro atoms. The fourth-order valence-corrected chi connectivity index (χ4v) is 5.18. The number of amides is 1. The van der Waals surface area contributed by atoms with Gasteiger partial charge < -0.3 is 9.88 Å². The summed E-state index contributed by atoms with van der Waals surface area (Å²) in [4.78, 5) is 29.2. The Morgan fingerprint density at radius 2 is 1.60 bits per heavy atom. The van der Waals surface area contributed by atoms with Crippen LogP contribution in [0.25, 0.3) is 21.9 Å². The van der Waals surface area contributed by atoms with Gasteiger partial charge in [-0.3, -0.25) is 9.59 Å². The van der Waals surface area contributed by atoms with Crippen molar-refractivity contribution in [1.82, 2.24) is 9.88 Å². The Hall–Kier alpha value is -2.88. The van der Waals surface area contributed by atoms with Gasteiger partial charge in [0.1, 0.15) is 0 Å². The fourth-order valence-electron chi connectivity index (χ4n) is 5.18. The number of hydrogen-bond acceptors (Lipinski definition) is 2. The van der Waals surface area contributed by atoms with E-state index in [1.807, 2.05) is 6.07 Å². The number of rotatable bonds is 4. The standard InChI is InChI=1S/C26H28N2O2/c29-25-11-10-23(17-27-25)21-9-8-19-14-18(6-7-20(19)16-21)15-22-12-13-28(26(22)30)24-4-2-1-3-5-24/h6-11,14,16-17,22,24H,1-5,12-13,15H2,(H,27,29). The van der Waals surface area contributed by atoms with Crippen molar-refractivity contribution in [2.45, 2.75) is 51.0 Å². The van der Waals surface area contributed by atoms with Crippen LogP contribution in [-0.4, -0.2) is 28.4 Å². The van der Waals surface area contributed by atoms with Crippen LogP contribution in [0.5, 0.6) is 0 Å². The summed E-state index contributed by atoms with van der Waals surface area (Å²) in [5.41, 5.74) is 3.23. The first kappa shape index (κ1) is 19.1. The second-order valence-corrected chi connectivity index (χ2v) is 8.85. The number of benzene rings is 2. The molecule has 1 saturated carbocycles. The smallest absolute Gasteiger partial charge is 0.247 e. The van der Waals surface area contributed by atoms with E-state index >= 15 is 0 Å². The van der Waals surface area contributed by atoms with E-state index < -0.39 is 0 Å². The van der Waals surface area contributed by atoms with Crippen LogP contribution in [-0.2, 0) is 11.2 Å². The monoisotopic (exact) mass is 400 g/mol. The quantitative estimate of drug-likeness (QED) is 0.676. The van der Waals surface area contributed by atoms with Crippen molar-refractivity contribution >= 4 is 16.7 Å². The number of carbonyl (C=O) groups excluding carboxylic acids is 1. The van der Waals surface area contributed by atoms with Crippen LogP contribution in [0.2, 0.25) is 0 Å². The third-order valence-electron chi connectivity index (χ3n) is 6.87. The summed E-state index contributed by atoms with van der Waals surface area (Å²) in [7, 11) is 0. The molecule has 1 atom stereocenters. The number of likely N-dealkylation sites (tertiary alicyclic amines) is 1. The van der Waals surface area contributed by atoms with Crippen LogP contribution >= 0.6 is 0 Å². The van der Waals surface area contributed by atoms with Crippen molar-refractivity contribution in [1.29, 1.82) is 0 Å². The molecule has 2 aliphatic rings. The molecular formula is C26H28N2O2. The van der Waals surface area contributed by atoms with Gasteiger partial charge in [-0.2, -0.15) is 0 Å². The van der Waals surface area contributed by atoms with Gasteiger partial charge in [0.2, 0.25) is 11.5 Å². The minimum Gasteiger partial charge on any atom is -0.339 e. The molecule has 154 valence electrons. The first-order valence-corrected chi connectivity index (χ1v) is 11.2. The Bertz CT molecular complexity index is 1110.